The van der Waals surface area contributed by atoms with Crippen molar-refractivity contribution in [2.75, 3.05) is 5.43 Å². The minimum Gasteiger partial charge on any atom is -0.275 e. The Labute approximate surface area is 181 Å². The zero-order chi connectivity index (χ0) is 19.6. The van der Waals surface area contributed by atoms with E-state index in [1.54, 1.807) is 24.3 Å². The predicted octanol–water partition coefficient (Wildman–Crippen LogP) is 8.75. The number of para-hydroxylation sites is 1. The molecule has 0 fully saturated rings. The Bertz CT molecular complexity index is 796. The Morgan fingerprint density at radius 2 is 1.67 bits per heavy atom. The number of anilines is 1. The minimum absolute atomic E-state index is 0.529. The summed E-state index contributed by atoms with van der Waals surface area (Å²) in [5.74, 6) is 0. The molecule has 2 nitrogen and oxygen atoms in total. The minimum atomic E-state index is 0.529. The van der Waals surface area contributed by atoms with E-state index in [0.29, 0.717) is 25.8 Å². The summed E-state index contributed by atoms with van der Waals surface area (Å²) < 4.78 is 0. The van der Waals surface area contributed by atoms with E-state index in [0.717, 1.165) is 24.1 Å². The molecule has 0 aromatic heterocycles. The van der Waals surface area contributed by atoms with Crippen LogP contribution in [0.5, 0.6) is 0 Å². The van der Waals surface area contributed by atoms with Gasteiger partial charge in [0, 0.05) is 0 Å². The SMILES string of the molecule is CCCCCCC(/C=C\c1ccc(Cl)c(Cl)c1)=N/Nc1c(Cl)cccc1Cl. The number of rotatable bonds is 9. The summed E-state index contributed by atoms with van der Waals surface area (Å²) in [5, 5.41) is 6.65. The number of halogens is 4. The second kappa shape index (κ2) is 11.6. The van der Waals surface area contributed by atoms with Gasteiger partial charge in [-0.2, -0.15) is 5.10 Å². The quantitative estimate of drug-likeness (QED) is 0.233. The monoisotopic (exact) mass is 442 g/mol. The first kappa shape index (κ1) is 22.1. The summed E-state index contributed by atoms with van der Waals surface area (Å²) in [6.07, 6.45) is 9.44. The third kappa shape index (κ3) is 7.38. The van der Waals surface area contributed by atoms with E-state index in [9.17, 15) is 0 Å². The molecule has 6 heteroatoms. The molecule has 0 aliphatic carbocycles. The molecule has 0 heterocycles. The van der Waals surface area contributed by atoms with Crippen LogP contribution < -0.4 is 5.43 Å². The van der Waals surface area contributed by atoms with Crippen molar-refractivity contribution in [3.63, 3.8) is 0 Å². The first-order chi connectivity index (χ1) is 13.0. The summed E-state index contributed by atoms with van der Waals surface area (Å²) in [6, 6.07) is 10.9. The lowest BCUT2D eigenvalue weighted by Crippen LogP contribution is -2.00. The van der Waals surface area contributed by atoms with E-state index >= 15 is 0 Å². The van der Waals surface area contributed by atoms with Crippen molar-refractivity contribution in [1.82, 2.24) is 0 Å². The molecule has 2 aromatic rings. The van der Waals surface area contributed by atoms with Crippen LogP contribution in [-0.2, 0) is 0 Å². The van der Waals surface area contributed by atoms with Gasteiger partial charge in [-0.1, -0.05) is 90.8 Å². The third-order valence-corrected chi connectivity index (χ3v) is 5.34. The Kier molecular flexibility index (Phi) is 9.50. The molecule has 0 unspecified atom stereocenters. The van der Waals surface area contributed by atoms with Gasteiger partial charge in [0.2, 0.25) is 0 Å². The molecule has 2 aromatic carbocycles. The number of nitrogens with one attached hydrogen (secondary N) is 1. The third-order valence-electron chi connectivity index (χ3n) is 3.97. The van der Waals surface area contributed by atoms with Crippen LogP contribution in [0.3, 0.4) is 0 Å². The van der Waals surface area contributed by atoms with Gasteiger partial charge in [-0.3, -0.25) is 5.43 Å². The average molecular weight is 444 g/mol. The van der Waals surface area contributed by atoms with E-state index in [2.05, 4.69) is 17.5 Å². The Morgan fingerprint density at radius 3 is 2.33 bits per heavy atom. The molecular formula is C21H22Cl4N2. The number of hydrazone groups is 1. The van der Waals surface area contributed by atoms with Gasteiger partial charge in [0.15, 0.2) is 0 Å². The lowest BCUT2D eigenvalue weighted by Gasteiger charge is -2.08. The molecule has 2 rings (SSSR count). The van der Waals surface area contributed by atoms with Crippen LogP contribution in [0.25, 0.3) is 6.08 Å². The Hall–Kier alpha value is -1.19. The first-order valence-corrected chi connectivity index (χ1v) is 10.4. The van der Waals surface area contributed by atoms with Gasteiger partial charge in [-0.25, -0.2) is 0 Å². The van der Waals surface area contributed by atoms with Crippen molar-refractivity contribution in [3.8, 4) is 0 Å². The molecule has 0 spiro atoms. The molecular weight excluding hydrogens is 422 g/mol. The summed E-state index contributed by atoms with van der Waals surface area (Å²) >= 11 is 24.5. The number of unbranched alkanes of at least 4 members (excludes halogenated alkanes) is 3. The van der Waals surface area contributed by atoms with Gasteiger partial charge in [0.1, 0.15) is 0 Å². The Morgan fingerprint density at radius 1 is 0.926 bits per heavy atom. The number of nitrogens with zero attached hydrogens (tertiary/aromatic N) is 1. The van der Waals surface area contributed by atoms with E-state index < -0.39 is 0 Å². The molecule has 27 heavy (non-hydrogen) atoms. The van der Waals surface area contributed by atoms with Gasteiger partial charge >= 0.3 is 0 Å². The number of allylic oxidation sites excluding steroid dienone is 1. The first-order valence-electron chi connectivity index (χ1n) is 8.91. The molecule has 0 aliphatic rings. The normalized spacial score (nSPS) is 12.0. The maximum absolute atomic E-state index is 6.20. The van der Waals surface area contributed by atoms with Crippen LogP contribution in [0.2, 0.25) is 20.1 Å². The van der Waals surface area contributed by atoms with Crippen LogP contribution in [0, 0.1) is 0 Å². The second-order valence-corrected chi connectivity index (χ2v) is 7.76. The lowest BCUT2D eigenvalue weighted by atomic mass is 10.1. The van der Waals surface area contributed by atoms with Gasteiger partial charge < -0.3 is 0 Å². The summed E-state index contributed by atoms with van der Waals surface area (Å²) in [6.45, 7) is 2.19. The molecule has 144 valence electrons. The molecule has 0 saturated heterocycles. The van der Waals surface area contributed by atoms with Crippen molar-refractivity contribution in [2.24, 2.45) is 5.10 Å². The molecule has 1 N–H and O–H groups in total. The van der Waals surface area contributed by atoms with Crippen LogP contribution in [0.15, 0.2) is 47.6 Å². The van der Waals surface area contributed by atoms with Crippen LogP contribution >= 0.6 is 46.4 Å². The van der Waals surface area contributed by atoms with Gasteiger partial charge in [-0.05, 0) is 48.7 Å². The standard InChI is InChI=1S/C21H22Cl4N2/c1-2-3-4-5-7-16(12-10-15-11-13-17(22)20(25)14-15)26-27-21-18(23)8-6-9-19(21)24/h6,8-14,27H,2-5,7H2,1H3/b12-10-,26-16-. The number of benzene rings is 2. The van der Waals surface area contributed by atoms with E-state index in [1.165, 1.54) is 19.3 Å². The highest BCUT2D eigenvalue weighted by Crippen LogP contribution is 2.30. The molecule has 0 bridgehead atoms. The maximum Gasteiger partial charge on any atom is 0.0934 e. The highest BCUT2D eigenvalue weighted by Gasteiger charge is 2.05. The molecule has 0 radical (unpaired) electrons. The van der Waals surface area contributed by atoms with Crippen molar-refractivity contribution in [1.29, 1.82) is 0 Å². The highest BCUT2D eigenvalue weighted by atomic mass is 35.5. The van der Waals surface area contributed by atoms with Crippen molar-refractivity contribution >= 4 is 63.9 Å². The zero-order valence-corrected chi connectivity index (χ0v) is 18.1. The van der Waals surface area contributed by atoms with Gasteiger partial charge in [0.25, 0.3) is 0 Å². The van der Waals surface area contributed by atoms with Gasteiger partial charge in [-0.15, -0.1) is 0 Å². The molecule has 0 saturated carbocycles. The predicted molar refractivity (Wildman–Crippen MR) is 122 cm³/mol. The smallest absolute Gasteiger partial charge is 0.0934 e. The highest BCUT2D eigenvalue weighted by molar-refractivity contribution is 6.42. The maximum atomic E-state index is 6.20. The van der Waals surface area contributed by atoms with Crippen LogP contribution in [0.1, 0.15) is 44.6 Å². The van der Waals surface area contributed by atoms with E-state index in [4.69, 9.17) is 46.4 Å². The topological polar surface area (TPSA) is 24.4 Å². The van der Waals surface area contributed by atoms with Gasteiger partial charge in [0.05, 0.1) is 31.5 Å². The lowest BCUT2D eigenvalue weighted by molar-refractivity contribution is 0.683. The van der Waals surface area contributed by atoms with E-state index in [-0.39, 0.29) is 0 Å². The summed E-state index contributed by atoms with van der Waals surface area (Å²) in [7, 11) is 0. The van der Waals surface area contributed by atoms with Crippen molar-refractivity contribution in [3.05, 3.63) is 68.1 Å². The van der Waals surface area contributed by atoms with Crippen molar-refractivity contribution in [2.45, 2.75) is 39.0 Å². The number of hydrogen-bond acceptors (Lipinski definition) is 2. The summed E-state index contributed by atoms with van der Waals surface area (Å²) in [4.78, 5) is 0. The fourth-order valence-corrected chi connectivity index (χ4v) is 3.24. The molecule has 0 atom stereocenters. The fourth-order valence-electron chi connectivity index (χ4n) is 2.45. The van der Waals surface area contributed by atoms with Crippen molar-refractivity contribution < 1.29 is 0 Å². The van der Waals surface area contributed by atoms with Crippen LogP contribution in [-0.4, -0.2) is 5.71 Å². The second-order valence-electron chi connectivity index (χ2n) is 6.13. The number of hydrogen-bond donors (Lipinski definition) is 1. The fraction of sp³-hybridized carbons (Fsp3) is 0.286. The Balaban J connectivity index is 2.16. The molecule has 0 aliphatic heterocycles. The van der Waals surface area contributed by atoms with Crippen LogP contribution in [0.4, 0.5) is 5.69 Å². The largest absolute Gasteiger partial charge is 0.275 e. The van der Waals surface area contributed by atoms with E-state index in [1.807, 2.05) is 24.3 Å². The summed E-state index contributed by atoms with van der Waals surface area (Å²) in [5.41, 5.74) is 5.48. The average Bonchev–Trinajstić information content (AvgIpc) is 2.64. The zero-order valence-electron chi connectivity index (χ0n) is 15.1. The molecule has 0 amide bonds.